The SMILES string of the molecule is O=C(Nc1ccccc1)N[C@@H](c1ccccc1)c1cc2ccccc2o1. The van der Waals surface area contributed by atoms with Crippen LogP contribution in [0.25, 0.3) is 11.0 Å². The van der Waals surface area contributed by atoms with Crippen molar-refractivity contribution in [1.29, 1.82) is 0 Å². The number of carbonyl (C=O) groups is 1. The fourth-order valence-electron chi connectivity index (χ4n) is 2.93. The molecule has 1 atom stereocenters. The lowest BCUT2D eigenvalue weighted by atomic mass is 10.0. The number of carbonyl (C=O) groups excluding carboxylic acids is 1. The fourth-order valence-corrected chi connectivity index (χ4v) is 2.93. The third kappa shape index (κ3) is 3.44. The van der Waals surface area contributed by atoms with E-state index < -0.39 is 0 Å². The van der Waals surface area contributed by atoms with Crippen LogP contribution in [0.5, 0.6) is 0 Å². The highest BCUT2D eigenvalue weighted by Crippen LogP contribution is 2.28. The van der Waals surface area contributed by atoms with Gasteiger partial charge in [-0.15, -0.1) is 0 Å². The van der Waals surface area contributed by atoms with Crippen molar-refractivity contribution < 1.29 is 9.21 Å². The minimum atomic E-state index is -0.382. The third-order valence-corrected chi connectivity index (χ3v) is 4.17. The number of urea groups is 1. The number of hydrogen-bond acceptors (Lipinski definition) is 2. The van der Waals surface area contributed by atoms with E-state index in [1.54, 1.807) is 0 Å². The van der Waals surface area contributed by atoms with Gasteiger partial charge in [0.05, 0.1) is 0 Å². The largest absolute Gasteiger partial charge is 0.459 e. The Labute approximate surface area is 151 Å². The first-order valence-corrected chi connectivity index (χ1v) is 8.45. The van der Waals surface area contributed by atoms with Crippen LogP contribution in [0.2, 0.25) is 0 Å². The monoisotopic (exact) mass is 342 g/mol. The summed E-state index contributed by atoms with van der Waals surface area (Å²) in [5.74, 6) is 0.695. The minimum absolute atomic E-state index is 0.287. The minimum Gasteiger partial charge on any atom is -0.459 e. The fraction of sp³-hybridized carbons (Fsp3) is 0.0455. The maximum Gasteiger partial charge on any atom is 0.320 e. The third-order valence-electron chi connectivity index (χ3n) is 4.17. The van der Waals surface area contributed by atoms with Crippen LogP contribution in [0, 0.1) is 0 Å². The molecule has 3 aromatic carbocycles. The van der Waals surface area contributed by atoms with E-state index in [1.165, 1.54) is 0 Å². The summed E-state index contributed by atoms with van der Waals surface area (Å²) in [6, 6.07) is 28.3. The Morgan fingerprint density at radius 2 is 1.46 bits per heavy atom. The zero-order valence-electron chi connectivity index (χ0n) is 14.1. The van der Waals surface area contributed by atoms with Gasteiger partial charge in [0.2, 0.25) is 0 Å². The van der Waals surface area contributed by atoms with Gasteiger partial charge < -0.3 is 15.1 Å². The number of anilines is 1. The van der Waals surface area contributed by atoms with Crippen molar-refractivity contribution in [3.8, 4) is 0 Å². The first-order valence-electron chi connectivity index (χ1n) is 8.45. The predicted molar refractivity (Wildman–Crippen MR) is 103 cm³/mol. The Morgan fingerprint density at radius 3 is 2.19 bits per heavy atom. The molecule has 26 heavy (non-hydrogen) atoms. The average molecular weight is 342 g/mol. The van der Waals surface area contributed by atoms with Gasteiger partial charge in [-0.25, -0.2) is 4.79 Å². The van der Waals surface area contributed by atoms with Gasteiger partial charge >= 0.3 is 6.03 Å². The molecule has 4 heteroatoms. The van der Waals surface area contributed by atoms with E-state index in [0.717, 1.165) is 22.2 Å². The average Bonchev–Trinajstić information content (AvgIpc) is 3.11. The van der Waals surface area contributed by atoms with Crippen molar-refractivity contribution in [2.24, 2.45) is 0 Å². The summed E-state index contributed by atoms with van der Waals surface area (Å²) in [6.07, 6.45) is 0. The molecule has 2 N–H and O–H groups in total. The Morgan fingerprint density at radius 1 is 0.808 bits per heavy atom. The molecule has 4 rings (SSSR count). The zero-order chi connectivity index (χ0) is 17.8. The Balaban J connectivity index is 1.64. The Kier molecular flexibility index (Phi) is 4.39. The van der Waals surface area contributed by atoms with Crippen LogP contribution >= 0.6 is 0 Å². The molecular weight excluding hydrogens is 324 g/mol. The number of fused-ring (bicyclic) bond motifs is 1. The number of furan rings is 1. The van der Waals surface area contributed by atoms with Crippen LogP contribution in [0.1, 0.15) is 17.4 Å². The molecule has 0 aliphatic rings. The van der Waals surface area contributed by atoms with Gasteiger partial charge in [0.25, 0.3) is 0 Å². The lowest BCUT2D eigenvalue weighted by Gasteiger charge is -2.17. The van der Waals surface area contributed by atoms with Crippen LogP contribution in [0.3, 0.4) is 0 Å². The van der Waals surface area contributed by atoms with Gasteiger partial charge in [-0.05, 0) is 29.8 Å². The second kappa shape index (κ2) is 7.15. The number of rotatable bonds is 4. The molecule has 0 spiro atoms. The Bertz CT molecular complexity index is 977. The molecule has 0 bridgehead atoms. The molecule has 0 radical (unpaired) electrons. The molecular formula is C22H18N2O2. The maximum atomic E-state index is 12.5. The van der Waals surface area contributed by atoms with Crippen LogP contribution in [-0.2, 0) is 0 Å². The summed E-state index contributed by atoms with van der Waals surface area (Å²) < 4.78 is 5.99. The lowest BCUT2D eigenvalue weighted by Crippen LogP contribution is -2.33. The maximum absolute atomic E-state index is 12.5. The van der Waals surface area contributed by atoms with Gasteiger partial charge in [0, 0.05) is 11.1 Å². The van der Waals surface area contributed by atoms with Crippen molar-refractivity contribution in [2.75, 3.05) is 5.32 Å². The molecule has 1 aromatic heterocycles. The lowest BCUT2D eigenvalue weighted by molar-refractivity contribution is 0.249. The van der Waals surface area contributed by atoms with Crippen molar-refractivity contribution >= 4 is 22.7 Å². The molecule has 1 heterocycles. The van der Waals surface area contributed by atoms with E-state index in [2.05, 4.69) is 10.6 Å². The van der Waals surface area contributed by atoms with Crippen molar-refractivity contribution in [2.45, 2.75) is 6.04 Å². The van der Waals surface area contributed by atoms with Crippen LogP contribution in [0.4, 0.5) is 10.5 Å². The summed E-state index contributed by atoms with van der Waals surface area (Å²) in [5, 5.41) is 6.88. The smallest absolute Gasteiger partial charge is 0.320 e. The molecule has 4 nitrogen and oxygen atoms in total. The highest BCUT2D eigenvalue weighted by atomic mass is 16.3. The van der Waals surface area contributed by atoms with E-state index >= 15 is 0 Å². The molecule has 4 aromatic rings. The van der Waals surface area contributed by atoms with Crippen molar-refractivity contribution in [3.63, 3.8) is 0 Å². The zero-order valence-corrected chi connectivity index (χ0v) is 14.1. The molecule has 0 fully saturated rings. The molecule has 0 unspecified atom stereocenters. The van der Waals surface area contributed by atoms with E-state index in [9.17, 15) is 4.79 Å². The number of benzene rings is 3. The second-order valence-electron chi connectivity index (χ2n) is 5.99. The van der Waals surface area contributed by atoms with Crippen LogP contribution in [0.15, 0.2) is 95.4 Å². The summed E-state index contributed by atoms with van der Waals surface area (Å²) in [7, 11) is 0. The highest BCUT2D eigenvalue weighted by molar-refractivity contribution is 5.89. The van der Waals surface area contributed by atoms with Gasteiger partial charge in [-0.2, -0.15) is 0 Å². The quantitative estimate of drug-likeness (QED) is 0.526. The van der Waals surface area contributed by atoms with Gasteiger partial charge in [-0.1, -0.05) is 66.7 Å². The molecule has 0 saturated heterocycles. The predicted octanol–water partition coefficient (Wildman–Crippen LogP) is 5.34. The van der Waals surface area contributed by atoms with E-state index in [-0.39, 0.29) is 12.1 Å². The molecule has 128 valence electrons. The van der Waals surface area contributed by atoms with Gasteiger partial charge in [0.1, 0.15) is 17.4 Å². The van der Waals surface area contributed by atoms with E-state index in [0.29, 0.717) is 5.76 Å². The van der Waals surface area contributed by atoms with Crippen LogP contribution < -0.4 is 10.6 Å². The molecule has 0 aliphatic heterocycles. The number of amides is 2. The number of hydrogen-bond donors (Lipinski definition) is 2. The number of nitrogens with one attached hydrogen (secondary N) is 2. The van der Waals surface area contributed by atoms with E-state index in [1.807, 2.05) is 91.0 Å². The normalized spacial score (nSPS) is 11.8. The first-order chi connectivity index (χ1) is 12.8. The topological polar surface area (TPSA) is 54.3 Å². The highest BCUT2D eigenvalue weighted by Gasteiger charge is 2.20. The summed E-state index contributed by atoms with van der Waals surface area (Å²) >= 11 is 0. The number of para-hydroxylation sites is 2. The summed E-state index contributed by atoms with van der Waals surface area (Å²) in [6.45, 7) is 0. The van der Waals surface area contributed by atoms with Crippen LogP contribution in [-0.4, -0.2) is 6.03 Å². The van der Waals surface area contributed by atoms with Gasteiger partial charge in [-0.3, -0.25) is 0 Å². The Hall–Kier alpha value is -3.53. The summed E-state index contributed by atoms with van der Waals surface area (Å²) in [5.41, 5.74) is 2.49. The molecule has 0 saturated carbocycles. The standard InChI is InChI=1S/C22H18N2O2/c25-22(23-18-12-5-2-6-13-18)24-21(16-9-3-1-4-10-16)20-15-17-11-7-8-14-19(17)26-20/h1-15,21H,(H2,23,24,25)/t21-/m0/s1. The second-order valence-corrected chi connectivity index (χ2v) is 5.99. The first kappa shape index (κ1) is 16.0. The molecule has 0 aliphatic carbocycles. The molecule has 2 amide bonds. The summed E-state index contributed by atoms with van der Waals surface area (Å²) in [4.78, 5) is 12.5. The van der Waals surface area contributed by atoms with Crippen molar-refractivity contribution in [3.05, 3.63) is 102 Å². The van der Waals surface area contributed by atoms with E-state index in [4.69, 9.17) is 4.42 Å². The van der Waals surface area contributed by atoms with Gasteiger partial charge in [0.15, 0.2) is 0 Å². The van der Waals surface area contributed by atoms with Crippen molar-refractivity contribution in [1.82, 2.24) is 5.32 Å².